The van der Waals surface area contributed by atoms with Gasteiger partial charge >= 0.3 is 6.03 Å². The molecule has 9 heteroatoms. The Kier molecular flexibility index (Phi) is 4.18. The quantitative estimate of drug-likeness (QED) is 0.834. The monoisotopic (exact) mass is 318 g/mol. The molecule has 1 aromatic carbocycles. The van der Waals surface area contributed by atoms with Crippen LogP contribution in [0.25, 0.3) is 11.0 Å². The van der Waals surface area contributed by atoms with Crippen LogP contribution in [-0.2, 0) is 4.79 Å². The van der Waals surface area contributed by atoms with Crippen LogP contribution in [0.5, 0.6) is 0 Å². The SMILES string of the molecule is CC(Cl)C(=O)NC(=O)Nc1c(Cl)ccc2nsnc12. The summed E-state index contributed by atoms with van der Waals surface area (Å²) < 4.78 is 8.07. The van der Waals surface area contributed by atoms with Gasteiger partial charge in [-0.05, 0) is 19.1 Å². The topological polar surface area (TPSA) is 84.0 Å². The number of benzene rings is 1. The second kappa shape index (κ2) is 5.68. The van der Waals surface area contributed by atoms with Crippen molar-refractivity contribution in [2.24, 2.45) is 0 Å². The van der Waals surface area contributed by atoms with Gasteiger partial charge in [-0.15, -0.1) is 11.6 Å². The third-order valence-corrected chi connectivity index (χ3v) is 3.27. The van der Waals surface area contributed by atoms with E-state index in [9.17, 15) is 9.59 Å². The van der Waals surface area contributed by atoms with Gasteiger partial charge < -0.3 is 5.32 Å². The Morgan fingerprint density at radius 3 is 2.79 bits per heavy atom. The molecule has 6 nitrogen and oxygen atoms in total. The van der Waals surface area contributed by atoms with Gasteiger partial charge in [-0.2, -0.15) is 8.75 Å². The fourth-order valence-electron chi connectivity index (χ4n) is 1.30. The number of carbonyl (C=O) groups excluding carboxylic acids is 2. The molecule has 100 valence electrons. The largest absolute Gasteiger partial charge is 0.326 e. The minimum absolute atomic E-state index is 0.306. The van der Waals surface area contributed by atoms with Crippen molar-refractivity contribution < 1.29 is 9.59 Å². The highest BCUT2D eigenvalue weighted by molar-refractivity contribution is 7.00. The van der Waals surface area contributed by atoms with Crippen molar-refractivity contribution in [1.82, 2.24) is 14.1 Å². The van der Waals surface area contributed by atoms with Gasteiger partial charge in [-0.25, -0.2) is 4.79 Å². The number of carbonyl (C=O) groups is 2. The Bertz CT molecular complexity index is 643. The van der Waals surface area contributed by atoms with Crippen molar-refractivity contribution in [1.29, 1.82) is 0 Å². The number of halogens is 2. The van der Waals surface area contributed by atoms with Crippen molar-refractivity contribution >= 4 is 63.6 Å². The summed E-state index contributed by atoms with van der Waals surface area (Å²) in [5.74, 6) is -0.598. The van der Waals surface area contributed by atoms with Gasteiger partial charge in [0, 0.05) is 0 Å². The number of imide groups is 1. The van der Waals surface area contributed by atoms with Crippen LogP contribution >= 0.6 is 34.9 Å². The number of amides is 3. The molecular formula is C10H8Cl2N4O2S. The minimum atomic E-state index is -0.807. The summed E-state index contributed by atoms with van der Waals surface area (Å²) in [5, 5.41) is 4.06. The number of rotatable bonds is 2. The molecule has 2 N–H and O–H groups in total. The number of hydrogen-bond acceptors (Lipinski definition) is 5. The zero-order valence-corrected chi connectivity index (χ0v) is 11.9. The van der Waals surface area contributed by atoms with E-state index >= 15 is 0 Å². The highest BCUT2D eigenvalue weighted by Gasteiger charge is 2.16. The summed E-state index contributed by atoms with van der Waals surface area (Å²) in [6.07, 6.45) is 0. The normalized spacial score (nSPS) is 12.2. The summed E-state index contributed by atoms with van der Waals surface area (Å²) in [6.45, 7) is 1.46. The third kappa shape index (κ3) is 3.12. The van der Waals surface area contributed by atoms with Crippen LogP contribution in [0.2, 0.25) is 5.02 Å². The Labute approximate surface area is 122 Å². The predicted octanol–water partition coefficient (Wildman–Crippen LogP) is 2.62. The summed E-state index contributed by atoms with van der Waals surface area (Å²) >= 11 is 12.5. The number of aromatic nitrogens is 2. The van der Waals surface area contributed by atoms with Crippen LogP contribution in [0.1, 0.15) is 6.92 Å². The Balaban J connectivity index is 2.21. The molecule has 1 aromatic heterocycles. The first-order valence-corrected chi connectivity index (χ1v) is 6.70. The zero-order valence-electron chi connectivity index (χ0n) is 9.61. The van der Waals surface area contributed by atoms with Crippen molar-refractivity contribution in [3.63, 3.8) is 0 Å². The fourth-order valence-corrected chi connectivity index (χ4v) is 2.10. The Morgan fingerprint density at radius 1 is 1.37 bits per heavy atom. The molecule has 0 aliphatic carbocycles. The maximum Gasteiger partial charge on any atom is 0.326 e. The molecule has 1 heterocycles. The smallest absolute Gasteiger partial charge is 0.304 e. The number of fused-ring (bicyclic) bond motifs is 1. The van der Waals surface area contributed by atoms with Gasteiger partial charge in [-0.3, -0.25) is 10.1 Å². The van der Waals surface area contributed by atoms with Crippen LogP contribution in [0, 0.1) is 0 Å². The second-order valence-corrected chi connectivity index (χ2v) is 5.20. The molecule has 1 unspecified atom stereocenters. The molecule has 0 bridgehead atoms. The van der Waals surface area contributed by atoms with Crippen molar-refractivity contribution in [3.8, 4) is 0 Å². The van der Waals surface area contributed by atoms with E-state index in [0.717, 1.165) is 11.7 Å². The van der Waals surface area contributed by atoms with Crippen molar-refractivity contribution in [2.45, 2.75) is 12.3 Å². The van der Waals surface area contributed by atoms with Crippen LogP contribution in [0.4, 0.5) is 10.5 Å². The molecule has 2 aromatic rings. The average Bonchev–Trinajstić information content (AvgIpc) is 2.81. The van der Waals surface area contributed by atoms with Crippen LogP contribution in [0.15, 0.2) is 12.1 Å². The van der Waals surface area contributed by atoms with E-state index < -0.39 is 17.3 Å². The molecular weight excluding hydrogens is 311 g/mol. The highest BCUT2D eigenvalue weighted by atomic mass is 35.5. The van der Waals surface area contributed by atoms with Gasteiger partial charge in [-0.1, -0.05) is 11.6 Å². The van der Waals surface area contributed by atoms with Crippen LogP contribution in [0.3, 0.4) is 0 Å². The first-order valence-electron chi connectivity index (χ1n) is 5.15. The molecule has 1 atom stereocenters. The first kappa shape index (κ1) is 14.0. The standard InChI is InChI=1S/C10H8Cl2N4O2S/c1-4(11)9(17)14-10(18)13-7-5(12)2-3-6-8(7)16-19-15-6/h2-4H,1H3,(H2,13,14,17,18). The predicted molar refractivity (Wildman–Crippen MR) is 74.9 cm³/mol. The van der Waals surface area contributed by atoms with E-state index in [-0.39, 0.29) is 0 Å². The lowest BCUT2D eigenvalue weighted by molar-refractivity contribution is -0.119. The van der Waals surface area contributed by atoms with Crippen molar-refractivity contribution in [3.05, 3.63) is 17.2 Å². The Morgan fingerprint density at radius 2 is 2.11 bits per heavy atom. The molecule has 19 heavy (non-hydrogen) atoms. The molecule has 0 aliphatic rings. The van der Waals surface area contributed by atoms with Gasteiger partial charge in [0.15, 0.2) is 0 Å². The number of urea groups is 1. The lowest BCUT2D eigenvalue weighted by Crippen LogP contribution is -2.38. The highest BCUT2D eigenvalue weighted by Crippen LogP contribution is 2.29. The van der Waals surface area contributed by atoms with E-state index in [1.165, 1.54) is 6.92 Å². The number of alkyl halides is 1. The summed E-state index contributed by atoms with van der Waals surface area (Å²) in [5.41, 5.74) is 1.39. The summed E-state index contributed by atoms with van der Waals surface area (Å²) in [6, 6.07) is 2.56. The molecule has 3 amide bonds. The molecule has 0 saturated heterocycles. The maximum atomic E-state index is 11.6. The van der Waals surface area contributed by atoms with E-state index in [2.05, 4.69) is 19.4 Å². The first-order chi connectivity index (χ1) is 8.99. The van der Waals surface area contributed by atoms with Crippen molar-refractivity contribution in [2.75, 3.05) is 5.32 Å². The zero-order chi connectivity index (χ0) is 14.0. The summed E-state index contributed by atoms with van der Waals surface area (Å²) in [4.78, 5) is 22.9. The molecule has 0 spiro atoms. The van der Waals surface area contributed by atoms with Gasteiger partial charge in [0.25, 0.3) is 0 Å². The summed E-state index contributed by atoms with van der Waals surface area (Å²) in [7, 11) is 0. The molecule has 0 radical (unpaired) electrons. The van der Waals surface area contributed by atoms with Crippen LogP contribution in [-0.4, -0.2) is 26.1 Å². The number of nitrogens with zero attached hydrogens (tertiary/aromatic N) is 2. The van der Waals surface area contributed by atoms with Gasteiger partial charge in [0.1, 0.15) is 16.4 Å². The second-order valence-electron chi connectivity index (χ2n) is 3.61. The van der Waals surface area contributed by atoms with E-state index in [0.29, 0.717) is 21.7 Å². The fraction of sp³-hybridized carbons (Fsp3) is 0.200. The molecule has 0 aliphatic heterocycles. The maximum absolute atomic E-state index is 11.6. The minimum Gasteiger partial charge on any atom is -0.304 e. The van der Waals surface area contributed by atoms with E-state index in [1.54, 1.807) is 12.1 Å². The molecule has 0 saturated carbocycles. The van der Waals surface area contributed by atoms with Gasteiger partial charge in [0.05, 0.1) is 22.4 Å². The number of nitrogens with one attached hydrogen (secondary N) is 2. The lowest BCUT2D eigenvalue weighted by atomic mass is 10.2. The lowest BCUT2D eigenvalue weighted by Gasteiger charge is -2.09. The van der Waals surface area contributed by atoms with Crippen LogP contribution < -0.4 is 10.6 Å². The van der Waals surface area contributed by atoms with E-state index in [1.807, 2.05) is 0 Å². The number of hydrogen-bond donors (Lipinski definition) is 2. The Hall–Kier alpha value is -1.44. The molecule has 2 rings (SSSR count). The third-order valence-electron chi connectivity index (χ3n) is 2.21. The molecule has 0 fully saturated rings. The average molecular weight is 319 g/mol. The van der Waals surface area contributed by atoms with E-state index in [4.69, 9.17) is 23.2 Å². The van der Waals surface area contributed by atoms with Gasteiger partial charge in [0.2, 0.25) is 5.91 Å². The number of anilines is 1.